The van der Waals surface area contributed by atoms with Crippen LogP contribution < -0.4 is 10.1 Å². The minimum Gasteiger partial charge on any atom is -0.467 e. The number of hydrogen-bond donors (Lipinski definition) is 1. The lowest BCUT2D eigenvalue weighted by Gasteiger charge is -2.29. The number of carbonyl (C=O) groups is 1. The second kappa shape index (κ2) is 8.14. The maximum atomic E-state index is 12.3. The largest absolute Gasteiger partial charge is 0.467 e. The highest BCUT2D eigenvalue weighted by molar-refractivity contribution is 6.02. The van der Waals surface area contributed by atoms with E-state index in [2.05, 4.69) is 31.2 Å². The number of benzene rings is 1. The van der Waals surface area contributed by atoms with E-state index in [9.17, 15) is 4.79 Å². The van der Waals surface area contributed by atoms with Crippen LogP contribution in [0.1, 0.15) is 27.2 Å². The molecular formula is C21H21N5O2. The minimum absolute atomic E-state index is 0.205. The van der Waals surface area contributed by atoms with E-state index in [-0.39, 0.29) is 5.91 Å². The molecule has 7 heteroatoms. The van der Waals surface area contributed by atoms with Crippen molar-refractivity contribution in [3.05, 3.63) is 77.4 Å². The Morgan fingerprint density at radius 1 is 1.14 bits per heavy atom. The summed E-state index contributed by atoms with van der Waals surface area (Å²) in [5.74, 6) is -0.205. The van der Waals surface area contributed by atoms with Crippen LogP contribution in [0.5, 0.6) is 6.01 Å². The van der Waals surface area contributed by atoms with E-state index in [4.69, 9.17) is 4.74 Å². The zero-order valence-electron chi connectivity index (χ0n) is 15.6. The van der Waals surface area contributed by atoms with Crippen LogP contribution in [0.2, 0.25) is 0 Å². The van der Waals surface area contributed by atoms with E-state index in [1.807, 2.05) is 12.1 Å². The van der Waals surface area contributed by atoms with E-state index in [1.54, 1.807) is 43.9 Å². The maximum absolute atomic E-state index is 12.3. The van der Waals surface area contributed by atoms with Gasteiger partial charge in [-0.05, 0) is 41.8 Å². The van der Waals surface area contributed by atoms with Crippen LogP contribution in [-0.2, 0) is 19.5 Å². The van der Waals surface area contributed by atoms with Gasteiger partial charge in [-0.3, -0.25) is 14.7 Å². The van der Waals surface area contributed by atoms with Crippen molar-refractivity contribution in [1.29, 1.82) is 0 Å². The lowest BCUT2D eigenvalue weighted by Crippen LogP contribution is -2.30. The van der Waals surface area contributed by atoms with Crippen LogP contribution in [0.25, 0.3) is 0 Å². The molecule has 142 valence electrons. The number of fused-ring (bicyclic) bond motifs is 1. The van der Waals surface area contributed by atoms with E-state index in [0.717, 1.165) is 37.3 Å². The number of nitrogens with zero attached hydrogens (tertiary/aromatic N) is 4. The molecule has 7 nitrogen and oxygen atoms in total. The number of aromatic nitrogens is 3. The minimum atomic E-state index is -0.205. The third-order valence-electron chi connectivity index (χ3n) is 4.72. The second-order valence-corrected chi connectivity index (χ2v) is 6.69. The van der Waals surface area contributed by atoms with Crippen LogP contribution in [0.4, 0.5) is 5.69 Å². The van der Waals surface area contributed by atoms with Crippen molar-refractivity contribution in [2.45, 2.75) is 19.5 Å². The highest BCUT2D eigenvalue weighted by Gasteiger charge is 2.18. The molecule has 0 bridgehead atoms. The molecule has 1 aliphatic heterocycles. The van der Waals surface area contributed by atoms with Gasteiger partial charge in [0.2, 0.25) is 0 Å². The van der Waals surface area contributed by atoms with Gasteiger partial charge in [-0.1, -0.05) is 12.1 Å². The zero-order valence-corrected chi connectivity index (χ0v) is 15.6. The number of anilines is 1. The molecule has 3 heterocycles. The Bertz CT molecular complexity index is 960. The number of rotatable bonds is 5. The second-order valence-electron chi connectivity index (χ2n) is 6.69. The molecule has 2 aromatic heterocycles. The number of amides is 1. The van der Waals surface area contributed by atoms with Crippen LogP contribution >= 0.6 is 0 Å². The number of ether oxygens (including phenoxy) is 1. The fourth-order valence-electron chi connectivity index (χ4n) is 3.31. The van der Waals surface area contributed by atoms with Crippen molar-refractivity contribution in [2.24, 2.45) is 0 Å². The molecule has 1 amide bonds. The van der Waals surface area contributed by atoms with Crippen LogP contribution in [0.3, 0.4) is 0 Å². The monoisotopic (exact) mass is 375 g/mol. The summed E-state index contributed by atoms with van der Waals surface area (Å²) in [6, 6.07) is 11.8. The summed E-state index contributed by atoms with van der Waals surface area (Å²) < 4.78 is 5.01. The molecule has 0 radical (unpaired) electrons. The first-order valence-electron chi connectivity index (χ1n) is 9.13. The van der Waals surface area contributed by atoms with Crippen molar-refractivity contribution < 1.29 is 9.53 Å². The molecule has 0 spiro atoms. The van der Waals surface area contributed by atoms with Gasteiger partial charge in [0.15, 0.2) is 0 Å². The zero-order chi connectivity index (χ0) is 19.3. The normalized spacial score (nSPS) is 13.6. The number of carbonyl (C=O) groups excluding carboxylic acids is 1. The molecule has 1 aromatic carbocycles. The molecule has 1 aliphatic rings. The van der Waals surface area contributed by atoms with E-state index >= 15 is 0 Å². The molecule has 4 rings (SSSR count). The van der Waals surface area contributed by atoms with Gasteiger partial charge in [-0.25, -0.2) is 9.97 Å². The Labute approximate surface area is 163 Å². The first kappa shape index (κ1) is 18.1. The lowest BCUT2D eigenvalue weighted by atomic mass is 9.98. The summed E-state index contributed by atoms with van der Waals surface area (Å²) in [5.41, 5.74) is 4.77. The smallest absolute Gasteiger partial charge is 0.316 e. The molecule has 0 saturated carbocycles. The molecular weight excluding hydrogens is 354 g/mol. The number of nitrogens with one attached hydrogen (secondary N) is 1. The SMILES string of the molecule is COc1ncc(CN2CCc3ccc(NC(=O)c4ccccn4)cc3C2)cn1. The van der Waals surface area contributed by atoms with Gasteiger partial charge in [0.1, 0.15) is 5.69 Å². The molecule has 1 N–H and O–H groups in total. The molecule has 0 saturated heterocycles. The first-order valence-corrected chi connectivity index (χ1v) is 9.13. The van der Waals surface area contributed by atoms with Crippen molar-refractivity contribution in [1.82, 2.24) is 19.9 Å². The number of hydrogen-bond acceptors (Lipinski definition) is 6. The van der Waals surface area contributed by atoms with Crippen LogP contribution in [-0.4, -0.2) is 39.4 Å². The van der Waals surface area contributed by atoms with Crippen molar-refractivity contribution in [2.75, 3.05) is 19.0 Å². The third-order valence-corrected chi connectivity index (χ3v) is 4.72. The van der Waals surface area contributed by atoms with Crippen molar-refractivity contribution in [3.63, 3.8) is 0 Å². The summed E-state index contributed by atoms with van der Waals surface area (Å²) in [5, 5.41) is 2.93. The first-order chi connectivity index (χ1) is 13.7. The Morgan fingerprint density at radius 3 is 2.75 bits per heavy atom. The fourth-order valence-corrected chi connectivity index (χ4v) is 3.31. The summed E-state index contributed by atoms with van der Waals surface area (Å²) in [4.78, 5) is 27.1. The summed E-state index contributed by atoms with van der Waals surface area (Å²) in [6.07, 6.45) is 6.18. The maximum Gasteiger partial charge on any atom is 0.316 e. The average molecular weight is 375 g/mol. The fraction of sp³-hybridized carbons (Fsp3) is 0.238. The van der Waals surface area contributed by atoms with Crippen molar-refractivity contribution >= 4 is 11.6 Å². The Balaban J connectivity index is 1.44. The number of pyridine rings is 1. The Morgan fingerprint density at radius 2 is 2.00 bits per heavy atom. The Kier molecular flexibility index (Phi) is 5.25. The Hall–Kier alpha value is -3.32. The highest BCUT2D eigenvalue weighted by Crippen LogP contribution is 2.24. The summed E-state index contributed by atoms with van der Waals surface area (Å²) in [6.45, 7) is 2.56. The molecule has 3 aromatic rings. The summed E-state index contributed by atoms with van der Waals surface area (Å²) in [7, 11) is 1.56. The molecule has 28 heavy (non-hydrogen) atoms. The average Bonchev–Trinajstić information content (AvgIpc) is 2.74. The van der Waals surface area contributed by atoms with E-state index < -0.39 is 0 Å². The molecule has 0 aliphatic carbocycles. The molecule has 0 unspecified atom stereocenters. The third kappa shape index (κ3) is 4.15. The highest BCUT2D eigenvalue weighted by atomic mass is 16.5. The standard InChI is InChI=1S/C21H21N5O2/c1-28-21-23-11-15(12-24-21)13-26-9-7-16-5-6-18(10-17(16)14-26)25-20(27)19-4-2-3-8-22-19/h2-6,8,10-12H,7,9,13-14H2,1H3,(H,25,27). The van der Waals surface area contributed by atoms with Gasteiger partial charge < -0.3 is 10.1 Å². The van der Waals surface area contributed by atoms with Gasteiger partial charge >= 0.3 is 6.01 Å². The predicted octanol–water partition coefficient (Wildman–Crippen LogP) is 2.69. The predicted molar refractivity (Wildman–Crippen MR) is 105 cm³/mol. The van der Waals surface area contributed by atoms with Crippen LogP contribution in [0, 0.1) is 0 Å². The van der Waals surface area contributed by atoms with Gasteiger partial charge in [-0.15, -0.1) is 0 Å². The molecule has 0 atom stereocenters. The van der Waals surface area contributed by atoms with Crippen LogP contribution in [0.15, 0.2) is 55.0 Å². The van der Waals surface area contributed by atoms with Gasteiger partial charge in [0.25, 0.3) is 5.91 Å². The summed E-state index contributed by atoms with van der Waals surface area (Å²) >= 11 is 0. The van der Waals surface area contributed by atoms with Crippen molar-refractivity contribution in [3.8, 4) is 6.01 Å². The van der Waals surface area contributed by atoms with Gasteiger partial charge in [0, 0.05) is 49.5 Å². The topological polar surface area (TPSA) is 80.2 Å². The molecule has 0 fully saturated rings. The number of methoxy groups -OCH3 is 1. The van der Waals surface area contributed by atoms with Gasteiger partial charge in [-0.2, -0.15) is 0 Å². The van der Waals surface area contributed by atoms with E-state index in [0.29, 0.717) is 11.7 Å². The quantitative estimate of drug-likeness (QED) is 0.739. The van der Waals surface area contributed by atoms with Gasteiger partial charge in [0.05, 0.1) is 7.11 Å². The lowest BCUT2D eigenvalue weighted by molar-refractivity contribution is 0.102. The van der Waals surface area contributed by atoms with E-state index in [1.165, 1.54) is 11.1 Å².